The lowest BCUT2D eigenvalue weighted by atomic mass is 10.00. The molecule has 5 N–H and O–H groups in total. The van der Waals surface area contributed by atoms with Gasteiger partial charge < -0.3 is 26.0 Å². The van der Waals surface area contributed by atoms with E-state index in [0.29, 0.717) is 5.57 Å². The summed E-state index contributed by atoms with van der Waals surface area (Å²) in [6, 6.07) is -1.93. The fourth-order valence-electron chi connectivity index (χ4n) is 2.10. The van der Waals surface area contributed by atoms with Gasteiger partial charge in [0.2, 0.25) is 0 Å². The van der Waals surface area contributed by atoms with E-state index in [0.717, 1.165) is 0 Å². The first-order chi connectivity index (χ1) is 11.2. The van der Waals surface area contributed by atoms with Gasteiger partial charge in [-0.15, -0.1) is 0 Å². The van der Waals surface area contributed by atoms with Crippen LogP contribution in [0.3, 0.4) is 0 Å². The van der Waals surface area contributed by atoms with Crippen molar-refractivity contribution < 1.29 is 33.9 Å². The summed E-state index contributed by atoms with van der Waals surface area (Å²) in [5.41, 5.74) is 0.255. The van der Waals surface area contributed by atoms with E-state index in [1.165, 1.54) is 12.3 Å². The molecule has 0 radical (unpaired) electrons. The lowest BCUT2D eigenvalue weighted by Gasteiger charge is -2.22. The Balaban J connectivity index is 2.74. The molecule has 1 aliphatic heterocycles. The number of nitrogens with one attached hydrogen (secondary N) is 2. The van der Waals surface area contributed by atoms with Gasteiger partial charge in [-0.05, 0) is 18.1 Å². The highest BCUT2D eigenvalue weighted by molar-refractivity contribution is 7.84. The molecule has 3 unspecified atom stereocenters. The molecule has 1 aliphatic rings. The SMILES string of the molecule is CS(=O)CCC(NCC=C1C=C(C(=O)O)NC(C(=O)O)C1)C(=O)O. The summed E-state index contributed by atoms with van der Waals surface area (Å²) in [5.74, 6) is -3.27. The summed E-state index contributed by atoms with van der Waals surface area (Å²) in [4.78, 5) is 33.2. The Morgan fingerprint density at radius 3 is 2.58 bits per heavy atom. The van der Waals surface area contributed by atoms with Crippen molar-refractivity contribution in [2.45, 2.75) is 24.9 Å². The van der Waals surface area contributed by atoms with Crippen molar-refractivity contribution in [2.75, 3.05) is 18.6 Å². The van der Waals surface area contributed by atoms with Crippen LogP contribution in [0.4, 0.5) is 0 Å². The van der Waals surface area contributed by atoms with Gasteiger partial charge >= 0.3 is 17.9 Å². The molecule has 134 valence electrons. The second-order valence-electron chi connectivity index (χ2n) is 5.25. The van der Waals surface area contributed by atoms with Crippen molar-refractivity contribution in [1.82, 2.24) is 10.6 Å². The number of hydrogen-bond acceptors (Lipinski definition) is 6. The number of carbonyl (C=O) groups is 3. The quantitative estimate of drug-likeness (QED) is 0.353. The first kappa shape index (κ1) is 19.8. The summed E-state index contributed by atoms with van der Waals surface area (Å²) >= 11 is 0. The van der Waals surface area contributed by atoms with Gasteiger partial charge in [-0.1, -0.05) is 6.08 Å². The molecule has 0 aliphatic carbocycles. The first-order valence-electron chi connectivity index (χ1n) is 7.10. The van der Waals surface area contributed by atoms with Crippen LogP contribution in [0.15, 0.2) is 23.4 Å². The van der Waals surface area contributed by atoms with Crippen LogP contribution >= 0.6 is 0 Å². The second kappa shape index (κ2) is 9.18. The van der Waals surface area contributed by atoms with E-state index in [-0.39, 0.29) is 30.8 Å². The highest BCUT2D eigenvalue weighted by Gasteiger charge is 2.26. The Hall–Kier alpha value is -2.20. The maximum absolute atomic E-state index is 11.1. The number of allylic oxidation sites excluding steroid dienone is 1. The monoisotopic (exact) mass is 360 g/mol. The molecule has 10 heteroatoms. The third-order valence-corrected chi connectivity index (χ3v) is 4.16. The Labute approximate surface area is 140 Å². The smallest absolute Gasteiger partial charge is 0.351 e. The van der Waals surface area contributed by atoms with Crippen molar-refractivity contribution in [1.29, 1.82) is 0 Å². The molecule has 0 spiro atoms. The second-order valence-corrected chi connectivity index (χ2v) is 6.80. The third kappa shape index (κ3) is 6.50. The summed E-state index contributed by atoms with van der Waals surface area (Å²) in [5, 5.41) is 32.3. The van der Waals surface area contributed by atoms with Crippen LogP contribution in [0.25, 0.3) is 0 Å². The minimum absolute atomic E-state index is 0.0878. The minimum Gasteiger partial charge on any atom is -0.480 e. The molecule has 0 aromatic carbocycles. The molecule has 0 aromatic heterocycles. The molecule has 3 atom stereocenters. The molecular formula is C14H20N2O7S. The number of rotatable bonds is 9. The number of carboxylic acids is 3. The van der Waals surface area contributed by atoms with E-state index in [9.17, 15) is 18.6 Å². The van der Waals surface area contributed by atoms with Gasteiger partial charge in [0.05, 0.1) is 0 Å². The topological polar surface area (TPSA) is 153 Å². The Morgan fingerprint density at radius 1 is 1.42 bits per heavy atom. The predicted molar refractivity (Wildman–Crippen MR) is 86.0 cm³/mol. The summed E-state index contributed by atoms with van der Waals surface area (Å²) < 4.78 is 11.0. The molecule has 0 amide bonds. The van der Waals surface area contributed by atoms with Gasteiger partial charge in [-0.2, -0.15) is 0 Å². The van der Waals surface area contributed by atoms with Gasteiger partial charge in [-0.25, -0.2) is 9.59 Å². The lowest BCUT2D eigenvalue weighted by molar-refractivity contribution is -0.140. The maximum atomic E-state index is 11.1. The fourth-order valence-corrected chi connectivity index (χ4v) is 2.67. The van der Waals surface area contributed by atoms with Gasteiger partial charge in [0.1, 0.15) is 17.8 Å². The van der Waals surface area contributed by atoms with E-state index < -0.39 is 40.8 Å². The van der Waals surface area contributed by atoms with E-state index in [2.05, 4.69) is 10.6 Å². The number of hydrogen-bond donors (Lipinski definition) is 5. The predicted octanol–water partition coefficient (Wildman–Crippen LogP) is -0.861. The lowest BCUT2D eigenvalue weighted by Crippen LogP contribution is -2.41. The fraction of sp³-hybridized carbons (Fsp3) is 0.500. The molecule has 0 bridgehead atoms. The van der Waals surface area contributed by atoms with Crippen LogP contribution in [0.1, 0.15) is 12.8 Å². The zero-order chi connectivity index (χ0) is 18.3. The normalized spacial score (nSPS) is 21.5. The average molecular weight is 360 g/mol. The van der Waals surface area contributed by atoms with Gasteiger partial charge in [0, 0.05) is 35.8 Å². The van der Waals surface area contributed by atoms with E-state index in [4.69, 9.17) is 15.3 Å². The average Bonchev–Trinajstić information content (AvgIpc) is 2.49. The maximum Gasteiger partial charge on any atom is 0.351 e. The number of carboxylic acid groups (broad SMARTS) is 3. The van der Waals surface area contributed by atoms with Crippen molar-refractivity contribution >= 4 is 28.7 Å². The molecule has 0 aromatic rings. The van der Waals surface area contributed by atoms with Crippen LogP contribution in [-0.2, 0) is 25.2 Å². The summed E-state index contributed by atoms with van der Waals surface area (Å²) in [6.07, 6.45) is 4.64. The van der Waals surface area contributed by atoms with E-state index in [1.54, 1.807) is 6.08 Å². The van der Waals surface area contributed by atoms with Crippen LogP contribution in [0, 0.1) is 0 Å². The third-order valence-electron chi connectivity index (χ3n) is 3.35. The summed E-state index contributed by atoms with van der Waals surface area (Å²) in [6.45, 7) is 0.123. The largest absolute Gasteiger partial charge is 0.480 e. The molecule has 0 saturated heterocycles. The molecule has 1 heterocycles. The van der Waals surface area contributed by atoms with Crippen LogP contribution < -0.4 is 10.6 Å². The van der Waals surface area contributed by atoms with Crippen LogP contribution in [0.2, 0.25) is 0 Å². The van der Waals surface area contributed by atoms with Gasteiger partial charge in [0.25, 0.3) is 0 Å². The molecule has 1 rings (SSSR count). The summed E-state index contributed by atoms with van der Waals surface area (Å²) in [7, 11) is -1.10. The van der Waals surface area contributed by atoms with Crippen molar-refractivity contribution in [3.8, 4) is 0 Å². The van der Waals surface area contributed by atoms with E-state index >= 15 is 0 Å². The highest BCUT2D eigenvalue weighted by atomic mass is 32.2. The Morgan fingerprint density at radius 2 is 2.08 bits per heavy atom. The highest BCUT2D eigenvalue weighted by Crippen LogP contribution is 2.16. The van der Waals surface area contributed by atoms with Crippen molar-refractivity contribution in [3.05, 3.63) is 23.4 Å². The van der Waals surface area contributed by atoms with Crippen molar-refractivity contribution in [2.24, 2.45) is 0 Å². The minimum atomic E-state index is -1.27. The van der Waals surface area contributed by atoms with E-state index in [1.807, 2.05) is 0 Å². The number of aliphatic carboxylic acids is 3. The molecule has 9 nitrogen and oxygen atoms in total. The Kier molecular flexibility index (Phi) is 7.59. The molecule has 0 saturated carbocycles. The zero-order valence-corrected chi connectivity index (χ0v) is 13.8. The first-order valence-corrected chi connectivity index (χ1v) is 8.83. The van der Waals surface area contributed by atoms with Crippen LogP contribution in [-0.4, -0.2) is 68.1 Å². The van der Waals surface area contributed by atoms with Crippen molar-refractivity contribution in [3.63, 3.8) is 0 Å². The zero-order valence-electron chi connectivity index (χ0n) is 13.0. The van der Waals surface area contributed by atoms with Gasteiger partial charge in [-0.3, -0.25) is 9.00 Å². The van der Waals surface area contributed by atoms with Gasteiger partial charge in [0.15, 0.2) is 0 Å². The molecular weight excluding hydrogens is 340 g/mol. The Bertz CT molecular complexity index is 600. The molecule has 0 fully saturated rings. The standard InChI is InChI=1S/C14H20N2O7S/c1-24(23)5-3-9(12(17)18)15-4-2-8-6-10(13(19)20)16-11(7-8)14(21)22/h2,6,9,11,15-16H,3-5,7H2,1H3,(H,17,18)(H,19,20)(H,21,22). The van der Waals surface area contributed by atoms with Crippen LogP contribution in [0.5, 0.6) is 0 Å². The molecule has 24 heavy (non-hydrogen) atoms.